The Morgan fingerprint density at radius 3 is 2.81 bits per heavy atom. The number of carbonyl (C=O) groups is 2. The maximum Gasteiger partial charge on any atom is 0.231 e. The minimum Gasteiger partial charge on any atom is -0.480 e. The van der Waals surface area contributed by atoms with E-state index in [1.165, 1.54) is 11.6 Å². The number of methoxy groups -OCH3 is 1. The summed E-state index contributed by atoms with van der Waals surface area (Å²) < 4.78 is 6.62. The Bertz CT molecular complexity index is 987. The van der Waals surface area contributed by atoms with Crippen LogP contribution in [0.15, 0.2) is 42.5 Å². The van der Waals surface area contributed by atoms with E-state index >= 15 is 0 Å². The Hall–Kier alpha value is -3.49. The Morgan fingerprint density at radius 2 is 2.04 bits per heavy atom. The van der Waals surface area contributed by atoms with Crippen molar-refractivity contribution in [2.24, 2.45) is 5.92 Å². The third-order valence-corrected chi connectivity index (χ3v) is 4.50. The molecule has 1 saturated heterocycles. The molecule has 27 heavy (non-hydrogen) atoms. The Labute approximate surface area is 154 Å². The van der Waals surface area contributed by atoms with Crippen molar-refractivity contribution in [3.63, 3.8) is 0 Å². The normalized spacial score (nSPS) is 16.7. The average Bonchev–Trinajstić information content (AvgIpc) is 3.29. The van der Waals surface area contributed by atoms with Gasteiger partial charge in [-0.15, -0.1) is 15.3 Å². The first-order valence-corrected chi connectivity index (χ1v) is 8.54. The van der Waals surface area contributed by atoms with Crippen molar-refractivity contribution in [2.45, 2.75) is 13.0 Å². The lowest BCUT2D eigenvalue weighted by atomic mass is 10.1. The molecule has 3 aromatic rings. The van der Waals surface area contributed by atoms with Gasteiger partial charge in [-0.1, -0.05) is 18.2 Å². The molecule has 9 heteroatoms. The molecule has 138 valence electrons. The zero-order valence-corrected chi connectivity index (χ0v) is 14.7. The molecule has 2 aromatic heterocycles. The summed E-state index contributed by atoms with van der Waals surface area (Å²) in [4.78, 5) is 26.4. The number of aromatic nitrogens is 4. The molecule has 1 aliphatic heterocycles. The molecule has 0 spiro atoms. The fourth-order valence-corrected chi connectivity index (χ4v) is 3.09. The highest BCUT2D eigenvalue weighted by Crippen LogP contribution is 2.24. The zero-order valence-electron chi connectivity index (χ0n) is 14.7. The molecular weight excluding hydrogens is 348 g/mol. The summed E-state index contributed by atoms with van der Waals surface area (Å²) in [6, 6.07) is 12.8. The predicted octanol–water partition coefficient (Wildman–Crippen LogP) is 0.802. The second-order valence-corrected chi connectivity index (χ2v) is 6.22. The molecule has 0 aliphatic carbocycles. The van der Waals surface area contributed by atoms with Gasteiger partial charge in [0.2, 0.25) is 17.7 Å². The van der Waals surface area contributed by atoms with Gasteiger partial charge in [0.25, 0.3) is 0 Å². The Morgan fingerprint density at radius 1 is 1.22 bits per heavy atom. The van der Waals surface area contributed by atoms with Gasteiger partial charge in [-0.05, 0) is 18.2 Å². The number of hydrogen-bond acceptors (Lipinski definition) is 6. The van der Waals surface area contributed by atoms with Gasteiger partial charge in [-0.2, -0.15) is 4.52 Å². The van der Waals surface area contributed by atoms with Crippen LogP contribution in [0.2, 0.25) is 0 Å². The van der Waals surface area contributed by atoms with E-state index in [0.29, 0.717) is 23.9 Å². The van der Waals surface area contributed by atoms with Crippen LogP contribution in [0, 0.1) is 5.92 Å². The van der Waals surface area contributed by atoms with Crippen LogP contribution in [-0.4, -0.2) is 45.3 Å². The SMILES string of the molecule is COc1ccc2nnc(CNC(=O)C3CC(=O)N(c4ccccc4)C3)n2n1. The van der Waals surface area contributed by atoms with Gasteiger partial charge in [0.05, 0.1) is 19.6 Å². The van der Waals surface area contributed by atoms with E-state index in [4.69, 9.17) is 4.74 Å². The number of para-hydroxylation sites is 1. The summed E-state index contributed by atoms with van der Waals surface area (Å²) in [5.41, 5.74) is 1.36. The number of amides is 2. The number of ether oxygens (including phenoxy) is 1. The molecule has 0 saturated carbocycles. The Kier molecular flexibility index (Phi) is 4.41. The van der Waals surface area contributed by atoms with Crippen LogP contribution < -0.4 is 15.0 Å². The number of fused-ring (bicyclic) bond motifs is 1. The lowest BCUT2D eigenvalue weighted by Gasteiger charge is -2.16. The fraction of sp³-hybridized carbons (Fsp3) is 0.278. The van der Waals surface area contributed by atoms with E-state index < -0.39 is 5.92 Å². The van der Waals surface area contributed by atoms with Gasteiger partial charge in [-0.25, -0.2) is 0 Å². The highest BCUT2D eigenvalue weighted by molar-refractivity contribution is 6.00. The van der Waals surface area contributed by atoms with Gasteiger partial charge < -0.3 is 15.0 Å². The molecular formula is C18H18N6O3. The number of carbonyl (C=O) groups excluding carboxylic acids is 2. The minimum atomic E-state index is -0.403. The molecule has 1 unspecified atom stereocenters. The standard InChI is InChI=1S/C18H18N6O3/c1-27-16-8-7-14-20-21-15(24(14)22-16)10-19-18(26)12-9-17(25)23(11-12)13-5-3-2-4-6-13/h2-8,12H,9-11H2,1H3,(H,19,26). The van der Waals surface area contributed by atoms with Gasteiger partial charge in [0, 0.05) is 24.7 Å². The highest BCUT2D eigenvalue weighted by atomic mass is 16.5. The molecule has 1 aliphatic rings. The van der Waals surface area contributed by atoms with Crippen molar-refractivity contribution in [3.8, 4) is 5.88 Å². The van der Waals surface area contributed by atoms with Crippen LogP contribution in [0.4, 0.5) is 5.69 Å². The largest absolute Gasteiger partial charge is 0.480 e. The first kappa shape index (κ1) is 17.0. The van der Waals surface area contributed by atoms with Crippen molar-refractivity contribution >= 4 is 23.1 Å². The lowest BCUT2D eigenvalue weighted by Crippen LogP contribution is -2.33. The lowest BCUT2D eigenvalue weighted by molar-refractivity contribution is -0.126. The summed E-state index contributed by atoms with van der Waals surface area (Å²) in [7, 11) is 1.52. The molecule has 2 amide bonds. The molecule has 1 aromatic carbocycles. The van der Waals surface area contributed by atoms with Crippen molar-refractivity contribution < 1.29 is 14.3 Å². The molecule has 0 radical (unpaired) electrons. The van der Waals surface area contributed by atoms with E-state index in [-0.39, 0.29) is 24.8 Å². The van der Waals surface area contributed by atoms with Crippen LogP contribution in [-0.2, 0) is 16.1 Å². The second kappa shape index (κ2) is 7.02. The molecule has 3 heterocycles. The van der Waals surface area contributed by atoms with E-state index in [9.17, 15) is 9.59 Å². The number of hydrogen-bond donors (Lipinski definition) is 1. The van der Waals surface area contributed by atoms with E-state index in [2.05, 4.69) is 20.6 Å². The zero-order chi connectivity index (χ0) is 18.8. The second-order valence-electron chi connectivity index (χ2n) is 6.22. The molecule has 0 bridgehead atoms. The van der Waals surface area contributed by atoms with Crippen LogP contribution in [0.25, 0.3) is 5.65 Å². The van der Waals surface area contributed by atoms with Crippen molar-refractivity contribution in [3.05, 3.63) is 48.3 Å². The van der Waals surface area contributed by atoms with Gasteiger partial charge in [0.15, 0.2) is 11.5 Å². The van der Waals surface area contributed by atoms with Gasteiger partial charge in [0.1, 0.15) is 0 Å². The van der Waals surface area contributed by atoms with E-state index in [1.807, 2.05) is 30.3 Å². The first-order chi connectivity index (χ1) is 13.2. The first-order valence-electron chi connectivity index (χ1n) is 8.54. The summed E-state index contributed by atoms with van der Waals surface area (Å²) in [5.74, 6) is 0.262. The van der Waals surface area contributed by atoms with Crippen molar-refractivity contribution in [1.29, 1.82) is 0 Å². The number of benzene rings is 1. The maximum absolute atomic E-state index is 12.5. The van der Waals surface area contributed by atoms with Gasteiger partial charge >= 0.3 is 0 Å². The number of nitrogens with zero attached hydrogens (tertiary/aromatic N) is 5. The summed E-state index contributed by atoms with van der Waals surface area (Å²) in [6.07, 6.45) is 0.188. The molecule has 1 N–H and O–H groups in total. The average molecular weight is 366 g/mol. The predicted molar refractivity (Wildman–Crippen MR) is 96.1 cm³/mol. The number of nitrogens with one attached hydrogen (secondary N) is 1. The van der Waals surface area contributed by atoms with Crippen molar-refractivity contribution in [1.82, 2.24) is 25.1 Å². The number of anilines is 1. The Balaban J connectivity index is 1.42. The maximum atomic E-state index is 12.5. The van der Waals surface area contributed by atoms with Crippen molar-refractivity contribution in [2.75, 3.05) is 18.6 Å². The van der Waals surface area contributed by atoms with Crippen LogP contribution in [0.1, 0.15) is 12.2 Å². The third-order valence-electron chi connectivity index (χ3n) is 4.50. The molecule has 9 nitrogen and oxygen atoms in total. The molecule has 1 fully saturated rings. The topological polar surface area (TPSA) is 102 Å². The highest BCUT2D eigenvalue weighted by Gasteiger charge is 2.35. The van der Waals surface area contributed by atoms with Crippen LogP contribution >= 0.6 is 0 Å². The smallest absolute Gasteiger partial charge is 0.231 e. The minimum absolute atomic E-state index is 0.0549. The molecule has 4 rings (SSSR count). The quantitative estimate of drug-likeness (QED) is 0.717. The van der Waals surface area contributed by atoms with Crippen LogP contribution in [0.5, 0.6) is 5.88 Å². The summed E-state index contributed by atoms with van der Waals surface area (Å²) >= 11 is 0. The van der Waals surface area contributed by atoms with Gasteiger partial charge in [-0.3, -0.25) is 9.59 Å². The summed E-state index contributed by atoms with van der Waals surface area (Å²) in [6.45, 7) is 0.525. The van der Waals surface area contributed by atoms with E-state index in [0.717, 1.165) is 5.69 Å². The third kappa shape index (κ3) is 3.31. The summed E-state index contributed by atoms with van der Waals surface area (Å²) in [5, 5.41) is 15.1. The monoisotopic (exact) mass is 366 g/mol. The number of rotatable bonds is 5. The van der Waals surface area contributed by atoms with E-state index in [1.54, 1.807) is 17.0 Å². The molecule has 1 atom stereocenters. The fourth-order valence-electron chi connectivity index (χ4n) is 3.09. The van der Waals surface area contributed by atoms with Crippen LogP contribution in [0.3, 0.4) is 0 Å².